The van der Waals surface area contributed by atoms with E-state index in [1.807, 2.05) is 6.92 Å². The van der Waals surface area contributed by atoms with Crippen molar-refractivity contribution < 1.29 is 14.2 Å². The van der Waals surface area contributed by atoms with Gasteiger partial charge in [0.15, 0.2) is 5.05 Å². The Morgan fingerprint density at radius 3 is 2.35 bits per heavy atom. The van der Waals surface area contributed by atoms with E-state index >= 15 is 0 Å². The van der Waals surface area contributed by atoms with E-state index in [0.717, 1.165) is 50.6 Å². The molecule has 0 bridgehead atoms. The van der Waals surface area contributed by atoms with Crippen LogP contribution in [0, 0.1) is 0 Å². The minimum atomic E-state index is -0.829. The molecule has 1 unspecified atom stereocenters. The lowest BCUT2D eigenvalue weighted by Crippen LogP contribution is -2.30. The van der Waals surface area contributed by atoms with Crippen LogP contribution in [0.5, 0.6) is 0 Å². The molecule has 3 nitrogen and oxygen atoms in total. The van der Waals surface area contributed by atoms with Crippen molar-refractivity contribution >= 4 is 26.1 Å². The van der Waals surface area contributed by atoms with E-state index in [-0.39, 0.29) is 0 Å². The van der Waals surface area contributed by atoms with Crippen LogP contribution in [0.15, 0.2) is 0 Å². The number of thiocarbonyl (C=S) groups is 1. The third-order valence-electron chi connectivity index (χ3n) is 3.86. The number of hydrogen-bond donors (Lipinski definition) is 0. The third-order valence-corrected chi connectivity index (χ3v) is 6.20. The highest BCUT2D eigenvalue weighted by atomic mass is 32.1. The van der Waals surface area contributed by atoms with Crippen LogP contribution < -0.4 is 0 Å². The number of unbranched alkanes of at least 4 members (excludes halogenated alkanes) is 4. The number of ether oxygens (including phenoxy) is 3. The summed E-state index contributed by atoms with van der Waals surface area (Å²) in [5.74, 6) is 0. The molecule has 0 radical (unpaired) electrons. The molecule has 0 saturated carbocycles. The highest BCUT2D eigenvalue weighted by Gasteiger charge is 2.15. The molecule has 0 aliphatic carbocycles. The first-order valence-electron chi connectivity index (χ1n) is 9.46. The van der Waals surface area contributed by atoms with Crippen LogP contribution in [-0.2, 0) is 14.2 Å². The van der Waals surface area contributed by atoms with Gasteiger partial charge in [-0.05, 0) is 32.0 Å². The molecule has 0 spiro atoms. The Bertz CT molecular complexity index is 275. The zero-order chi connectivity index (χ0) is 17.3. The van der Waals surface area contributed by atoms with Gasteiger partial charge >= 0.3 is 0 Å². The van der Waals surface area contributed by atoms with Crippen LogP contribution in [0.3, 0.4) is 0 Å². The summed E-state index contributed by atoms with van der Waals surface area (Å²) in [5.41, 5.74) is 0.379. The van der Waals surface area contributed by atoms with Crippen molar-refractivity contribution in [2.45, 2.75) is 84.0 Å². The molecule has 1 atom stereocenters. The van der Waals surface area contributed by atoms with Gasteiger partial charge in [0.05, 0.1) is 15.4 Å². The standard InChI is InChI=1S/C18H38O3SSi/c1-5-7-8-9-10-12-17(22)20-16-13-18(23(3)4)21-15-11-14-19-6-2/h18,23H,5-16H2,1-4H3. The molecule has 0 aliphatic rings. The van der Waals surface area contributed by atoms with Crippen LogP contribution >= 0.6 is 12.2 Å². The molecule has 0 aromatic heterocycles. The lowest BCUT2D eigenvalue weighted by atomic mass is 10.1. The molecule has 0 aromatic carbocycles. The van der Waals surface area contributed by atoms with E-state index in [9.17, 15) is 0 Å². The van der Waals surface area contributed by atoms with E-state index in [4.69, 9.17) is 26.4 Å². The van der Waals surface area contributed by atoms with Crippen molar-refractivity contribution in [2.24, 2.45) is 0 Å². The van der Waals surface area contributed by atoms with Crippen LogP contribution in [0.25, 0.3) is 0 Å². The Balaban J connectivity index is 3.67. The van der Waals surface area contributed by atoms with Gasteiger partial charge in [-0.25, -0.2) is 0 Å². The molecule has 0 amide bonds. The monoisotopic (exact) mass is 362 g/mol. The average Bonchev–Trinajstić information content (AvgIpc) is 2.52. The maximum Gasteiger partial charge on any atom is 0.159 e. The smallest absolute Gasteiger partial charge is 0.159 e. The Morgan fingerprint density at radius 1 is 0.957 bits per heavy atom. The van der Waals surface area contributed by atoms with E-state index in [2.05, 4.69) is 20.0 Å². The summed E-state index contributed by atoms with van der Waals surface area (Å²) in [6.45, 7) is 12.0. The van der Waals surface area contributed by atoms with Crippen LogP contribution in [-0.4, -0.2) is 46.0 Å². The first kappa shape index (κ1) is 23.0. The summed E-state index contributed by atoms with van der Waals surface area (Å²) in [5, 5.41) is 0.780. The zero-order valence-electron chi connectivity index (χ0n) is 15.8. The van der Waals surface area contributed by atoms with Crippen molar-refractivity contribution in [1.29, 1.82) is 0 Å². The maximum absolute atomic E-state index is 6.02. The van der Waals surface area contributed by atoms with Gasteiger partial charge < -0.3 is 14.2 Å². The maximum atomic E-state index is 6.02. The van der Waals surface area contributed by atoms with Gasteiger partial charge in [0.2, 0.25) is 0 Å². The van der Waals surface area contributed by atoms with Crippen molar-refractivity contribution in [3.8, 4) is 0 Å². The number of rotatable bonds is 16. The topological polar surface area (TPSA) is 27.7 Å². The minimum absolute atomic E-state index is 0.379. The molecule has 0 fully saturated rings. The Kier molecular flexibility index (Phi) is 16.9. The van der Waals surface area contributed by atoms with Gasteiger partial charge in [0.25, 0.3) is 0 Å². The predicted octanol–water partition coefficient (Wildman–Crippen LogP) is 4.92. The largest absolute Gasteiger partial charge is 0.487 e. The lowest BCUT2D eigenvalue weighted by molar-refractivity contribution is 0.0594. The van der Waals surface area contributed by atoms with Crippen LogP contribution in [0.2, 0.25) is 13.1 Å². The minimum Gasteiger partial charge on any atom is -0.487 e. The first-order valence-corrected chi connectivity index (χ1v) is 12.8. The van der Waals surface area contributed by atoms with E-state index in [1.54, 1.807) is 0 Å². The third kappa shape index (κ3) is 15.3. The van der Waals surface area contributed by atoms with E-state index < -0.39 is 8.80 Å². The van der Waals surface area contributed by atoms with Gasteiger partial charge in [-0.3, -0.25) is 0 Å². The summed E-state index contributed by atoms with van der Waals surface area (Å²) < 4.78 is 17.1. The van der Waals surface area contributed by atoms with Crippen LogP contribution in [0.4, 0.5) is 0 Å². The van der Waals surface area contributed by atoms with E-state index in [0.29, 0.717) is 12.3 Å². The van der Waals surface area contributed by atoms with E-state index in [1.165, 1.54) is 25.7 Å². The Hall–Kier alpha value is 0.0269. The molecule has 0 heterocycles. The first-order chi connectivity index (χ1) is 11.1. The molecule has 0 aliphatic heterocycles. The van der Waals surface area contributed by atoms with Gasteiger partial charge in [-0.1, -0.05) is 45.7 Å². The van der Waals surface area contributed by atoms with Crippen LogP contribution in [0.1, 0.15) is 65.2 Å². The highest BCUT2D eigenvalue weighted by molar-refractivity contribution is 7.80. The van der Waals surface area contributed by atoms with Gasteiger partial charge in [-0.2, -0.15) is 0 Å². The molecule has 0 aromatic rings. The average molecular weight is 363 g/mol. The highest BCUT2D eigenvalue weighted by Crippen LogP contribution is 2.09. The molecule has 0 rings (SSSR count). The molecule has 138 valence electrons. The summed E-state index contributed by atoms with van der Waals surface area (Å²) in [4.78, 5) is 0. The van der Waals surface area contributed by atoms with Gasteiger partial charge in [0, 0.05) is 38.4 Å². The summed E-state index contributed by atoms with van der Waals surface area (Å²) in [6.07, 6.45) is 9.22. The molecule has 23 heavy (non-hydrogen) atoms. The predicted molar refractivity (Wildman–Crippen MR) is 106 cm³/mol. The Morgan fingerprint density at radius 2 is 1.70 bits per heavy atom. The summed E-state index contributed by atoms with van der Waals surface area (Å²) >= 11 is 5.32. The fourth-order valence-electron chi connectivity index (χ4n) is 2.38. The van der Waals surface area contributed by atoms with Gasteiger partial charge in [0.1, 0.15) is 0 Å². The second kappa shape index (κ2) is 16.9. The Labute approximate surface area is 151 Å². The fourth-order valence-corrected chi connectivity index (χ4v) is 3.93. The van der Waals surface area contributed by atoms with Crippen molar-refractivity contribution in [3.63, 3.8) is 0 Å². The quantitative estimate of drug-likeness (QED) is 0.221. The zero-order valence-corrected chi connectivity index (χ0v) is 17.7. The number of hydrogen-bond acceptors (Lipinski definition) is 4. The van der Waals surface area contributed by atoms with Crippen molar-refractivity contribution in [3.05, 3.63) is 0 Å². The summed E-state index contributed by atoms with van der Waals surface area (Å²) in [6, 6.07) is 0. The second-order valence-corrected chi connectivity index (χ2v) is 10.1. The molecular weight excluding hydrogens is 324 g/mol. The normalized spacial score (nSPS) is 12.6. The fraction of sp³-hybridized carbons (Fsp3) is 0.944. The summed E-state index contributed by atoms with van der Waals surface area (Å²) in [7, 11) is -0.829. The van der Waals surface area contributed by atoms with Crippen molar-refractivity contribution in [1.82, 2.24) is 0 Å². The lowest BCUT2D eigenvalue weighted by Gasteiger charge is -2.21. The molecule has 5 heteroatoms. The molecular formula is C18H38O3SSi. The second-order valence-electron chi connectivity index (χ2n) is 6.38. The van der Waals surface area contributed by atoms with Gasteiger partial charge in [-0.15, -0.1) is 0 Å². The SMILES string of the molecule is CCCCCCCC(=S)OCCC(OCCCOCC)[SiH](C)C. The molecule has 0 N–H and O–H groups in total. The molecule has 0 saturated heterocycles. The van der Waals surface area contributed by atoms with Crippen molar-refractivity contribution in [2.75, 3.05) is 26.4 Å².